The van der Waals surface area contributed by atoms with Crippen LogP contribution in [0.2, 0.25) is 5.02 Å². The fourth-order valence-electron chi connectivity index (χ4n) is 2.46. The van der Waals surface area contributed by atoms with Gasteiger partial charge in [0.05, 0.1) is 12.1 Å². The second-order valence-corrected chi connectivity index (χ2v) is 5.58. The monoisotopic (exact) mass is 287 g/mol. The fourth-order valence-corrected chi connectivity index (χ4v) is 2.72. The molecule has 0 unspecified atom stereocenters. The second kappa shape index (κ2) is 5.76. The molecular weight excluding hydrogens is 270 g/mol. The van der Waals surface area contributed by atoms with Gasteiger partial charge in [0.15, 0.2) is 0 Å². The number of anilines is 1. The van der Waals surface area contributed by atoms with Gasteiger partial charge in [0.1, 0.15) is 5.75 Å². The molecule has 1 aliphatic rings. The van der Waals surface area contributed by atoms with Gasteiger partial charge in [-0.3, -0.25) is 0 Å². The molecule has 0 aromatic heterocycles. The van der Waals surface area contributed by atoms with Gasteiger partial charge < -0.3 is 10.1 Å². The van der Waals surface area contributed by atoms with Crippen LogP contribution in [0.3, 0.4) is 0 Å². The summed E-state index contributed by atoms with van der Waals surface area (Å²) in [5, 5.41) is 4.07. The van der Waals surface area contributed by atoms with E-state index in [1.54, 1.807) is 7.11 Å². The standard InChI is InChI=1S/C17H18ClNO/c1-20-17-9-8-14(10-16(17)18)19-11-13-4-2-3-5-15(13)12-6-7-12/h2-5,8-10,12,19H,6-7,11H2,1H3. The van der Waals surface area contributed by atoms with Crippen LogP contribution in [0.25, 0.3) is 0 Å². The molecule has 0 amide bonds. The van der Waals surface area contributed by atoms with Crippen LogP contribution in [-0.4, -0.2) is 7.11 Å². The maximum atomic E-state index is 6.14. The molecule has 20 heavy (non-hydrogen) atoms. The molecule has 0 saturated heterocycles. The Morgan fingerprint density at radius 3 is 2.70 bits per heavy atom. The molecule has 0 radical (unpaired) electrons. The summed E-state index contributed by atoms with van der Waals surface area (Å²) in [4.78, 5) is 0. The van der Waals surface area contributed by atoms with Crippen molar-refractivity contribution in [2.75, 3.05) is 12.4 Å². The van der Waals surface area contributed by atoms with Crippen LogP contribution in [-0.2, 0) is 6.54 Å². The Hall–Kier alpha value is -1.67. The first-order valence-electron chi connectivity index (χ1n) is 6.93. The van der Waals surface area contributed by atoms with E-state index in [4.69, 9.17) is 16.3 Å². The zero-order valence-corrected chi connectivity index (χ0v) is 12.3. The number of nitrogens with one attached hydrogen (secondary N) is 1. The van der Waals surface area contributed by atoms with Crippen molar-refractivity contribution >= 4 is 17.3 Å². The van der Waals surface area contributed by atoms with Crippen molar-refractivity contribution in [3.8, 4) is 5.75 Å². The summed E-state index contributed by atoms with van der Waals surface area (Å²) < 4.78 is 5.16. The summed E-state index contributed by atoms with van der Waals surface area (Å²) in [5.41, 5.74) is 3.88. The molecule has 0 bridgehead atoms. The lowest BCUT2D eigenvalue weighted by molar-refractivity contribution is 0.415. The third-order valence-electron chi connectivity index (χ3n) is 3.71. The molecule has 1 saturated carbocycles. The number of ether oxygens (including phenoxy) is 1. The van der Waals surface area contributed by atoms with Gasteiger partial charge in [0, 0.05) is 12.2 Å². The maximum Gasteiger partial charge on any atom is 0.137 e. The van der Waals surface area contributed by atoms with Crippen LogP contribution >= 0.6 is 11.6 Å². The number of methoxy groups -OCH3 is 1. The highest BCUT2D eigenvalue weighted by Crippen LogP contribution is 2.41. The first-order valence-corrected chi connectivity index (χ1v) is 7.31. The van der Waals surface area contributed by atoms with Crippen LogP contribution in [0.1, 0.15) is 29.9 Å². The van der Waals surface area contributed by atoms with Gasteiger partial charge in [-0.1, -0.05) is 35.9 Å². The first kappa shape index (κ1) is 13.3. The highest BCUT2D eigenvalue weighted by molar-refractivity contribution is 6.32. The molecule has 104 valence electrons. The van der Waals surface area contributed by atoms with Gasteiger partial charge in [0.25, 0.3) is 0 Å². The number of rotatable bonds is 5. The lowest BCUT2D eigenvalue weighted by atomic mass is 10.0. The average molecular weight is 288 g/mol. The Balaban J connectivity index is 1.72. The van der Waals surface area contributed by atoms with E-state index >= 15 is 0 Å². The van der Waals surface area contributed by atoms with E-state index in [0.29, 0.717) is 10.8 Å². The van der Waals surface area contributed by atoms with E-state index in [-0.39, 0.29) is 0 Å². The van der Waals surface area contributed by atoms with E-state index < -0.39 is 0 Å². The minimum atomic E-state index is 0.632. The van der Waals surface area contributed by atoms with Crippen LogP contribution < -0.4 is 10.1 Å². The Labute approximate surface area is 124 Å². The highest BCUT2D eigenvalue weighted by atomic mass is 35.5. The van der Waals surface area contributed by atoms with Crippen LogP contribution in [0.4, 0.5) is 5.69 Å². The number of benzene rings is 2. The topological polar surface area (TPSA) is 21.3 Å². The first-order chi connectivity index (χ1) is 9.78. The molecule has 3 heteroatoms. The largest absolute Gasteiger partial charge is 0.495 e. The average Bonchev–Trinajstić information content (AvgIpc) is 3.30. The number of hydrogen-bond acceptors (Lipinski definition) is 2. The summed E-state index contributed by atoms with van der Waals surface area (Å²) in [6.45, 7) is 0.829. The van der Waals surface area contributed by atoms with Gasteiger partial charge in [-0.15, -0.1) is 0 Å². The molecular formula is C17H18ClNO. The third-order valence-corrected chi connectivity index (χ3v) is 4.00. The molecule has 0 spiro atoms. The molecule has 0 atom stereocenters. The number of halogens is 1. The van der Waals surface area contributed by atoms with Gasteiger partial charge in [-0.25, -0.2) is 0 Å². The lowest BCUT2D eigenvalue weighted by Crippen LogP contribution is -2.02. The predicted octanol–water partition coefficient (Wildman–Crippen LogP) is 4.84. The normalized spacial score (nSPS) is 14.1. The quantitative estimate of drug-likeness (QED) is 0.850. The summed E-state index contributed by atoms with van der Waals surface area (Å²) in [7, 11) is 1.63. The second-order valence-electron chi connectivity index (χ2n) is 5.18. The third kappa shape index (κ3) is 2.91. The molecule has 1 N–H and O–H groups in total. The summed E-state index contributed by atoms with van der Waals surface area (Å²) in [6.07, 6.45) is 2.65. The van der Waals surface area contributed by atoms with Crippen LogP contribution in [0.15, 0.2) is 42.5 Å². The van der Waals surface area contributed by atoms with E-state index in [1.165, 1.54) is 24.0 Å². The molecule has 2 aromatic rings. The van der Waals surface area contributed by atoms with Crippen molar-refractivity contribution in [1.29, 1.82) is 0 Å². The number of hydrogen-bond donors (Lipinski definition) is 1. The Bertz CT molecular complexity index is 608. The molecule has 2 nitrogen and oxygen atoms in total. The maximum absolute atomic E-state index is 6.14. The Kier molecular flexibility index (Phi) is 3.83. The van der Waals surface area contributed by atoms with Gasteiger partial charge in [-0.05, 0) is 48.1 Å². The van der Waals surface area contributed by atoms with Crippen molar-refractivity contribution in [3.05, 3.63) is 58.6 Å². The van der Waals surface area contributed by atoms with Crippen molar-refractivity contribution in [1.82, 2.24) is 0 Å². The zero-order chi connectivity index (χ0) is 13.9. The highest BCUT2D eigenvalue weighted by Gasteiger charge is 2.25. The minimum Gasteiger partial charge on any atom is -0.495 e. The van der Waals surface area contributed by atoms with E-state index in [2.05, 4.69) is 29.6 Å². The van der Waals surface area contributed by atoms with Crippen LogP contribution in [0.5, 0.6) is 5.75 Å². The smallest absolute Gasteiger partial charge is 0.137 e. The van der Waals surface area contributed by atoms with Crippen molar-refractivity contribution in [2.45, 2.75) is 25.3 Å². The summed E-state index contributed by atoms with van der Waals surface area (Å²) in [5.74, 6) is 1.48. The minimum absolute atomic E-state index is 0.632. The Morgan fingerprint density at radius 2 is 2.00 bits per heavy atom. The summed E-state index contributed by atoms with van der Waals surface area (Å²) >= 11 is 6.14. The van der Waals surface area contributed by atoms with Crippen molar-refractivity contribution in [3.63, 3.8) is 0 Å². The Morgan fingerprint density at radius 1 is 1.20 bits per heavy atom. The van der Waals surface area contributed by atoms with Crippen LogP contribution in [0, 0.1) is 0 Å². The molecule has 1 fully saturated rings. The van der Waals surface area contributed by atoms with E-state index in [1.807, 2.05) is 18.2 Å². The summed E-state index contributed by atoms with van der Waals surface area (Å²) in [6, 6.07) is 14.5. The van der Waals surface area contributed by atoms with Crippen molar-refractivity contribution < 1.29 is 4.74 Å². The molecule has 2 aromatic carbocycles. The van der Waals surface area contributed by atoms with Crippen molar-refractivity contribution in [2.24, 2.45) is 0 Å². The SMILES string of the molecule is COc1ccc(NCc2ccccc2C2CC2)cc1Cl. The lowest BCUT2D eigenvalue weighted by Gasteiger charge is -2.12. The van der Waals surface area contributed by atoms with Gasteiger partial charge >= 0.3 is 0 Å². The molecule has 0 aliphatic heterocycles. The van der Waals surface area contributed by atoms with E-state index in [0.717, 1.165) is 18.2 Å². The molecule has 3 rings (SSSR count). The van der Waals surface area contributed by atoms with E-state index in [9.17, 15) is 0 Å². The zero-order valence-electron chi connectivity index (χ0n) is 11.5. The van der Waals surface area contributed by atoms with Gasteiger partial charge in [0.2, 0.25) is 0 Å². The molecule has 1 aliphatic carbocycles. The fraction of sp³-hybridized carbons (Fsp3) is 0.294. The molecule has 0 heterocycles. The van der Waals surface area contributed by atoms with Gasteiger partial charge in [-0.2, -0.15) is 0 Å². The predicted molar refractivity (Wildman–Crippen MR) is 83.7 cm³/mol.